The molecule has 0 bridgehead atoms. The third-order valence-corrected chi connectivity index (χ3v) is 7.08. The minimum absolute atomic E-state index is 0.174. The van der Waals surface area contributed by atoms with E-state index in [0.717, 1.165) is 15.6 Å². The summed E-state index contributed by atoms with van der Waals surface area (Å²) in [6.45, 7) is 1.41. The number of imidazole rings is 1. The normalized spacial score (nSPS) is 11.7. The standard InChI is InChI=1S/C17H18N4O4S2/c1-12-10-18-17(23)21(12)14-7-4-3-6-13(14)19-15(22)11-20(2)27(24,25)16-8-5-9-26-16/h3-10H,11H2,1-2H3,(H,18,23)(H,19,22). The van der Waals surface area contributed by atoms with Crippen molar-refractivity contribution >= 4 is 33.0 Å². The summed E-state index contributed by atoms with van der Waals surface area (Å²) in [6, 6.07) is 9.95. The first-order valence-corrected chi connectivity index (χ1v) is 10.3. The van der Waals surface area contributed by atoms with Crippen LogP contribution in [0.25, 0.3) is 5.69 Å². The fraction of sp³-hybridized carbons (Fsp3) is 0.176. The van der Waals surface area contributed by atoms with Crippen molar-refractivity contribution in [3.8, 4) is 5.69 Å². The molecule has 0 fully saturated rings. The predicted molar refractivity (Wildman–Crippen MR) is 104 cm³/mol. The van der Waals surface area contributed by atoms with Gasteiger partial charge in [0, 0.05) is 18.9 Å². The van der Waals surface area contributed by atoms with E-state index in [9.17, 15) is 18.0 Å². The number of benzene rings is 1. The van der Waals surface area contributed by atoms with Crippen LogP contribution in [0.3, 0.4) is 0 Å². The molecule has 0 aliphatic rings. The maximum Gasteiger partial charge on any atom is 0.330 e. The molecule has 0 spiro atoms. The molecule has 3 aromatic rings. The van der Waals surface area contributed by atoms with Crippen LogP contribution < -0.4 is 11.0 Å². The third-order valence-electron chi connectivity index (χ3n) is 3.91. The molecule has 0 atom stereocenters. The van der Waals surface area contributed by atoms with Crippen LogP contribution in [0.15, 0.2) is 57.0 Å². The van der Waals surface area contributed by atoms with Gasteiger partial charge in [-0.2, -0.15) is 4.31 Å². The van der Waals surface area contributed by atoms with E-state index in [1.165, 1.54) is 17.7 Å². The number of aromatic amines is 1. The topological polar surface area (TPSA) is 104 Å². The molecule has 3 rings (SSSR count). The Morgan fingerprint density at radius 2 is 2.00 bits per heavy atom. The highest BCUT2D eigenvalue weighted by Crippen LogP contribution is 2.21. The second kappa shape index (κ2) is 7.51. The van der Waals surface area contributed by atoms with Gasteiger partial charge in [-0.3, -0.25) is 9.36 Å². The number of hydrogen-bond donors (Lipinski definition) is 2. The maximum atomic E-state index is 12.4. The van der Waals surface area contributed by atoms with Crippen LogP contribution >= 0.6 is 11.3 Å². The van der Waals surface area contributed by atoms with Gasteiger partial charge in [-0.15, -0.1) is 11.3 Å². The number of aromatic nitrogens is 2. The minimum Gasteiger partial charge on any atom is -0.323 e. The first-order chi connectivity index (χ1) is 12.8. The van der Waals surface area contributed by atoms with Gasteiger partial charge < -0.3 is 10.3 Å². The molecular formula is C17H18N4O4S2. The van der Waals surface area contributed by atoms with Crippen molar-refractivity contribution in [2.45, 2.75) is 11.1 Å². The van der Waals surface area contributed by atoms with E-state index in [2.05, 4.69) is 10.3 Å². The molecule has 142 valence electrons. The summed E-state index contributed by atoms with van der Waals surface area (Å²) in [4.78, 5) is 27.0. The zero-order chi connectivity index (χ0) is 19.6. The van der Waals surface area contributed by atoms with E-state index in [1.807, 2.05) is 0 Å². The van der Waals surface area contributed by atoms with E-state index in [1.54, 1.807) is 48.8 Å². The van der Waals surface area contributed by atoms with Crippen LogP contribution in [0.2, 0.25) is 0 Å². The molecule has 10 heteroatoms. The van der Waals surface area contributed by atoms with Crippen molar-refractivity contribution in [1.82, 2.24) is 13.9 Å². The van der Waals surface area contributed by atoms with Gasteiger partial charge in [0.2, 0.25) is 5.91 Å². The monoisotopic (exact) mass is 406 g/mol. The second-order valence-corrected chi connectivity index (χ2v) is 9.05. The number of nitrogens with one attached hydrogen (secondary N) is 2. The number of amides is 1. The summed E-state index contributed by atoms with van der Waals surface area (Å²) >= 11 is 1.09. The molecule has 0 unspecified atom stereocenters. The Morgan fingerprint density at radius 3 is 2.63 bits per heavy atom. The van der Waals surface area contributed by atoms with Crippen LogP contribution in [-0.2, 0) is 14.8 Å². The molecular weight excluding hydrogens is 388 g/mol. The fourth-order valence-corrected chi connectivity index (χ4v) is 4.90. The van der Waals surface area contributed by atoms with E-state index in [0.29, 0.717) is 17.1 Å². The van der Waals surface area contributed by atoms with Gasteiger partial charge in [0.05, 0.1) is 17.9 Å². The van der Waals surface area contributed by atoms with Gasteiger partial charge in [-0.05, 0) is 30.5 Å². The summed E-state index contributed by atoms with van der Waals surface area (Å²) in [5, 5.41) is 4.35. The Hall–Kier alpha value is -2.69. The number of para-hydroxylation sites is 2. The van der Waals surface area contributed by atoms with Crippen LogP contribution in [0.1, 0.15) is 5.69 Å². The summed E-state index contributed by atoms with van der Waals surface area (Å²) in [5.74, 6) is -0.508. The summed E-state index contributed by atoms with van der Waals surface area (Å²) < 4.78 is 27.5. The zero-order valence-electron chi connectivity index (χ0n) is 14.7. The van der Waals surface area contributed by atoms with Gasteiger partial charge in [0.1, 0.15) is 4.21 Å². The van der Waals surface area contributed by atoms with Crippen LogP contribution in [0.4, 0.5) is 5.69 Å². The number of anilines is 1. The van der Waals surface area contributed by atoms with Gasteiger partial charge in [-0.25, -0.2) is 13.2 Å². The Balaban J connectivity index is 1.81. The first kappa shape index (κ1) is 19.1. The highest BCUT2D eigenvalue weighted by molar-refractivity contribution is 7.91. The smallest absolute Gasteiger partial charge is 0.323 e. The molecule has 0 saturated heterocycles. The van der Waals surface area contributed by atoms with Crippen molar-refractivity contribution in [2.24, 2.45) is 0 Å². The van der Waals surface area contributed by atoms with Gasteiger partial charge >= 0.3 is 5.69 Å². The number of carbonyl (C=O) groups is 1. The van der Waals surface area contributed by atoms with E-state index in [-0.39, 0.29) is 16.4 Å². The van der Waals surface area contributed by atoms with E-state index < -0.39 is 15.9 Å². The molecule has 0 radical (unpaired) electrons. The number of likely N-dealkylation sites (N-methyl/N-ethyl adjacent to an activating group) is 1. The first-order valence-electron chi connectivity index (χ1n) is 7.97. The molecule has 2 N–H and O–H groups in total. The van der Waals surface area contributed by atoms with Gasteiger partial charge in [0.15, 0.2) is 0 Å². The number of aryl methyl sites for hydroxylation is 1. The molecule has 0 aliphatic heterocycles. The lowest BCUT2D eigenvalue weighted by atomic mass is 10.2. The maximum absolute atomic E-state index is 12.4. The largest absolute Gasteiger partial charge is 0.330 e. The molecule has 2 heterocycles. The molecule has 2 aromatic heterocycles. The van der Waals surface area contributed by atoms with Crippen LogP contribution in [-0.4, -0.2) is 41.8 Å². The lowest BCUT2D eigenvalue weighted by Crippen LogP contribution is -2.34. The third kappa shape index (κ3) is 3.87. The molecule has 0 aliphatic carbocycles. The van der Waals surface area contributed by atoms with E-state index >= 15 is 0 Å². The second-order valence-electron chi connectivity index (χ2n) is 5.83. The van der Waals surface area contributed by atoms with Crippen molar-refractivity contribution < 1.29 is 13.2 Å². The minimum atomic E-state index is -3.72. The molecule has 27 heavy (non-hydrogen) atoms. The molecule has 8 nitrogen and oxygen atoms in total. The molecule has 0 saturated carbocycles. The Kier molecular flexibility index (Phi) is 5.31. The van der Waals surface area contributed by atoms with Crippen LogP contribution in [0, 0.1) is 6.92 Å². The fourth-order valence-electron chi connectivity index (χ4n) is 2.57. The average molecular weight is 406 g/mol. The lowest BCUT2D eigenvalue weighted by molar-refractivity contribution is -0.116. The van der Waals surface area contributed by atoms with Crippen molar-refractivity contribution in [2.75, 3.05) is 18.9 Å². The van der Waals surface area contributed by atoms with E-state index in [4.69, 9.17) is 0 Å². The lowest BCUT2D eigenvalue weighted by Gasteiger charge is -2.17. The predicted octanol–water partition coefficient (Wildman–Crippen LogP) is 1.79. The zero-order valence-corrected chi connectivity index (χ0v) is 16.3. The Labute approximate surface area is 160 Å². The number of H-pyrrole nitrogens is 1. The van der Waals surface area contributed by atoms with Crippen molar-refractivity contribution in [3.05, 3.63) is 64.2 Å². The molecule has 1 amide bonds. The summed E-state index contributed by atoms with van der Waals surface area (Å²) in [5.41, 5.74) is 1.26. The number of sulfonamides is 1. The number of rotatable bonds is 6. The number of hydrogen-bond acceptors (Lipinski definition) is 5. The van der Waals surface area contributed by atoms with Crippen LogP contribution in [0.5, 0.6) is 0 Å². The quantitative estimate of drug-likeness (QED) is 0.651. The molecule has 1 aromatic carbocycles. The Morgan fingerprint density at radius 1 is 1.26 bits per heavy atom. The number of nitrogens with zero attached hydrogens (tertiary/aromatic N) is 2. The van der Waals surface area contributed by atoms with Crippen molar-refractivity contribution in [1.29, 1.82) is 0 Å². The number of carbonyl (C=O) groups excluding carboxylic acids is 1. The number of thiophene rings is 1. The summed E-state index contributed by atoms with van der Waals surface area (Å²) in [7, 11) is -2.37. The van der Waals surface area contributed by atoms with Gasteiger partial charge in [-0.1, -0.05) is 18.2 Å². The SMILES string of the molecule is Cc1c[nH]c(=O)n1-c1ccccc1NC(=O)CN(C)S(=O)(=O)c1cccs1. The highest BCUT2D eigenvalue weighted by atomic mass is 32.2. The average Bonchev–Trinajstić information content (AvgIpc) is 3.26. The summed E-state index contributed by atoms with van der Waals surface area (Å²) in [6.07, 6.45) is 1.57. The highest BCUT2D eigenvalue weighted by Gasteiger charge is 2.24. The Bertz CT molecular complexity index is 1110. The van der Waals surface area contributed by atoms with Crippen molar-refractivity contribution in [3.63, 3.8) is 0 Å². The van der Waals surface area contributed by atoms with Gasteiger partial charge in [0.25, 0.3) is 10.0 Å².